The summed E-state index contributed by atoms with van der Waals surface area (Å²) in [6.07, 6.45) is -0.132. The number of ether oxygens (including phenoxy) is 2. The van der Waals surface area contributed by atoms with E-state index in [0.717, 1.165) is 0 Å². The highest BCUT2D eigenvalue weighted by Crippen LogP contribution is 2.58. The van der Waals surface area contributed by atoms with Gasteiger partial charge in [0.05, 0.1) is 37.8 Å². The molecule has 3 unspecified atom stereocenters. The molecular formula is C12H19NO5. The summed E-state index contributed by atoms with van der Waals surface area (Å²) in [6, 6.07) is 0. The molecule has 0 aromatic rings. The lowest BCUT2D eigenvalue weighted by Gasteiger charge is -2.23. The van der Waals surface area contributed by atoms with Crippen molar-refractivity contribution in [3.05, 3.63) is 0 Å². The van der Waals surface area contributed by atoms with E-state index in [1.165, 1.54) is 0 Å². The van der Waals surface area contributed by atoms with Gasteiger partial charge in [0.1, 0.15) is 0 Å². The summed E-state index contributed by atoms with van der Waals surface area (Å²) in [7, 11) is 0. The molecule has 0 aromatic carbocycles. The Morgan fingerprint density at radius 1 is 1.33 bits per heavy atom. The molecule has 0 radical (unpaired) electrons. The number of rotatable bonds is 4. The minimum absolute atomic E-state index is 0.132. The maximum absolute atomic E-state index is 11.9. The molecule has 2 fully saturated rings. The first-order valence-corrected chi connectivity index (χ1v) is 6.14. The summed E-state index contributed by atoms with van der Waals surface area (Å²) in [5, 5.41) is 11.7. The zero-order chi connectivity index (χ0) is 13.3. The van der Waals surface area contributed by atoms with Gasteiger partial charge in [-0.15, -0.1) is 0 Å². The molecule has 0 bridgehead atoms. The zero-order valence-corrected chi connectivity index (χ0v) is 10.6. The summed E-state index contributed by atoms with van der Waals surface area (Å²) < 4.78 is 10.6. The molecule has 6 nitrogen and oxygen atoms in total. The van der Waals surface area contributed by atoms with Crippen molar-refractivity contribution in [2.45, 2.75) is 20.0 Å². The van der Waals surface area contributed by atoms with Gasteiger partial charge in [-0.05, 0) is 5.41 Å². The molecule has 1 heterocycles. The molecular weight excluding hydrogens is 238 g/mol. The molecule has 102 valence electrons. The van der Waals surface area contributed by atoms with Crippen LogP contribution < -0.4 is 5.32 Å². The highest BCUT2D eigenvalue weighted by molar-refractivity contribution is 5.91. The van der Waals surface area contributed by atoms with Crippen molar-refractivity contribution < 1.29 is 24.2 Å². The fourth-order valence-electron chi connectivity index (χ4n) is 2.57. The van der Waals surface area contributed by atoms with Crippen molar-refractivity contribution in [2.24, 2.45) is 17.3 Å². The lowest BCUT2D eigenvalue weighted by Crippen LogP contribution is -2.40. The van der Waals surface area contributed by atoms with Gasteiger partial charge in [0.15, 0.2) is 0 Å². The first-order valence-electron chi connectivity index (χ1n) is 6.14. The quantitative estimate of drug-likeness (QED) is 0.733. The number of carbonyl (C=O) groups excluding carboxylic acids is 1. The van der Waals surface area contributed by atoms with Crippen LogP contribution in [0.4, 0.5) is 0 Å². The van der Waals surface area contributed by atoms with Gasteiger partial charge in [-0.25, -0.2) is 0 Å². The Morgan fingerprint density at radius 2 is 2.06 bits per heavy atom. The number of carbonyl (C=O) groups is 2. The van der Waals surface area contributed by atoms with Crippen LogP contribution in [0.1, 0.15) is 13.8 Å². The highest BCUT2D eigenvalue weighted by atomic mass is 16.6. The molecule has 1 saturated carbocycles. The summed E-state index contributed by atoms with van der Waals surface area (Å²) in [6.45, 7) is 5.56. The largest absolute Gasteiger partial charge is 0.481 e. The number of hydrogen-bond donors (Lipinski definition) is 2. The van der Waals surface area contributed by atoms with Crippen molar-refractivity contribution in [1.82, 2.24) is 5.32 Å². The van der Waals surface area contributed by atoms with E-state index in [9.17, 15) is 9.59 Å². The van der Waals surface area contributed by atoms with Crippen LogP contribution in [0.25, 0.3) is 0 Å². The van der Waals surface area contributed by atoms with Crippen LogP contribution in [-0.2, 0) is 19.1 Å². The normalized spacial score (nSPS) is 33.8. The van der Waals surface area contributed by atoms with Crippen molar-refractivity contribution in [3.8, 4) is 0 Å². The lowest BCUT2D eigenvalue weighted by atomic mass is 10.1. The second-order valence-electron chi connectivity index (χ2n) is 5.43. The van der Waals surface area contributed by atoms with Crippen LogP contribution in [0.2, 0.25) is 0 Å². The van der Waals surface area contributed by atoms with Gasteiger partial charge in [-0.2, -0.15) is 0 Å². The molecule has 6 heteroatoms. The molecule has 18 heavy (non-hydrogen) atoms. The number of amides is 1. The third kappa shape index (κ3) is 2.49. The Labute approximate surface area is 106 Å². The SMILES string of the molecule is CC1(C)C(C(=O)O)C1C(=O)NCC1COCCO1. The van der Waals surface area contributed by atoms with E-state index in [1.54, 1.807) is 13.8 Å². The summed E-state index contributed by atoms with van der Waals surface area (Å²) >= 11 is 0. The topological polar surface area (TPSA) is 84.9 Å². The Balaban J connectivity index is 1.80. The third-order valence-corrected chi connectivity index (χ3v) is 3.76. The molecule has 1 aliphatic heterocycles. The van der Waals surface area contributed by atoms with Gasteiger partial charge in [-0.3, -0.25) is 9.59 Å². The van der Waals surface area contributed by atoms with Crippen LogP contribution in [0.3, 0.4) is 0 Å². The number of nitrogens with one attached hydrogen (secondary N) is 1. The maximum atomic E-state index is 11.9. The van der Waals surface area contributed by atoms with E-state index in [1.807, 2.05) is 0 Å². The number of carboxylic acid groups (broad SMARTS) is 1. The minimum atomic E-state index is -0.905. The third-order valence-electron chi connectivity index (χ3n) is 3.76. The zero-order valence-electron chi connectivity index (χ0n) is 10.6. The number of carboxylic acids is 1. The molecule has 2 rings (SSSR count). The van der Waals surface area contributed by atoms with Gasteiger partial charge in [0.2, 0.25) is 5.91 Å². The number of aliphatic carboxylic acids is 1. The fraction of sp³-hybridized carbons (Fsp3) is 0.833. The Kier molecular flexibility index (Phi) is 3.59. The Hall–Kier alpha value is -1.14. The molecule has 0 spiro atoms. The van der Waals surface area contributed by atoms with Crippen molar-refractivity contribution in [1.29, 1.82) is 0 Å². The van der Waals surface area contributed by atoms with Gasteiger partial charge in [0, 0.05) is 6.54 Å². The average Bonchev–Trinajstić information content (AvgIpc) is 2.91. The standard InChI is InChI=1S/C12H19NO5/c1-12(2)8(9(12)11(15)16)10(14)13-5-7-6-17-3-4-18-7/h7-9H,3-6H2,1-2H3,(H,13,14)(H,15,16). The van der Waals surface area contributed by atoms with Crippen molar-refractivity contribution >= 4 is 11.9 Å². The minimum Gasteiger partial charge on any atom is -0.481 e. The fourth-order valence-corrected chi connectivity index (χ4v) is 2.57. The summed E-state index contributed by atoms with van der Waals surface area (Å²) in [4.78, 5) is 22.9. The highest BCUT2D eigenvalue weighted by Gasteiger charge is 2.65. The van der Waals surface area contributed by atoms with E-state index in [0.29, 0.717) is 26.4 Å². The average molecular weight is 257 g/mol. The van der Waals surface area contributed by atoms with Crippen LogP contribution in [0.15, 0.2) is 0 Å². The van der Waals surface area contributed by atoms with E-state index in [4.69, 9.17) is 14.6 Å². The first kappa shape index (κ1) is 13.3. The van der Waals surface area contributed by atoms with E-state index < -0.39 is 23.2 Å². The maximum Gasteiger partial charge on any atom is 0.307 e. The second-order valence-corrected chi connectivity index (χ2v) is 5.43. The monoisotopic (exact) mass is 257 g/mol. The second kappa shape index (κ2) is 4.85. The Bertz CT molecular complexity index is 348. The van der Waals surface area contributed by atoms with Crippen molar-refractivity contribution in [3.63, 3.8) is 0 Å². The predicted molar refractivity (Wildman–Crippen MR) is 62.0 cm³/mol. The van der Waals surface area contributed by atoms with Crippen LogP contribution in [0.5, 0.6) is 0 Å². The molecule has 0 aromatic heterocycles. The van der Waals surface area contributed by atoms with Crippen LogP contribution >= 0.6 is 0 Å². The molecule has 1 aliphatic carbocycles. The molecule has 1 amide bonds. The lowest BCUT2D eigenvalue weighted by molar-refractivity contribution is -0.140. The van der Waals surface area contributed by atoms with E-state index >= 15 is 0 Å². The van der Waals surface area contributed by atoms with E-state index in [2.05, 4.69) is 5.32 Å². The van der Waals surface area contributed by atoms with Crippen molar-refractivity contribution in [2.75, 3.05) is 26.4 Å². The van der Waals surface area contributed by atoms with Gasteiger partial charge in [-0.1, -0.05) is 13.8 Å². The summed E-state index contributed by atoms with van der Waals surface area (Å²) in [5.74, 6) is -2.14. The van der Waals surface area contributed by atoms with Crippen LogP contribution in [-0.4, -0.2) is 49.5 Å². The smallest absolute Gasteiger partial charge is 0.307 e. The number of hydrogen-bond acceptors (Lipinski definition) is 4. The summed E-state index contributed by atoms with van der Waals surface area (Å²) in [5.41, 5.74) is -0.458. The van der Waals surface area contributed by atoms with Gasteiger partial charge >= 0.3 is 5.97 Å². The first-order chi connectivity index (χ1) is 8.44. The van der Waals surface area contributed by atoms with E-state index in [-0.39, 0.29) is 12.0 Å². The molecule has 2 N–H and O–H groups in total. The molecule has 1 saturated heterocycles. The molecule has 2 aliphatic rings. The van der Waals surface area contributed by atoms with Crippen LogP contribution in [0, 0.1) is 17.3 Å². The predicted octanol–water partition coefficient (Wildman–Crippen LogP) is -0.125. The Morgan fingerprint density at radius 3 is 2.56 bits per heavy atom. The molecule has 3 atom stereocenters. The van der Waals surface area contributed by atoms with Gasteiger partial charge in [0.25, 0.3) is 0 Å². The van der Waals surface area contributed by atoms with Gasteiger partial charge < -0.3 is 19.9 Å².